The van der Waals surface area contributed by atoms with E-state index in [0.717, 1.165) is 31.9 Å². The summed E-state index contributed by atoms with van der Waals surface area (Å²) in [5, 5.41) is 3.17. The summed E-state index contributed by atoms with van der Waals surface area (Å²) in [6, 6.07) is 11.7. The predicted molar refractivity (Wildman–Crippen MR) is 116 cm³/mol. The van der Waals surface area contributed by atoms with Crippen LogP contribution < -0.4 is 10.2 Å². The van der Waals surface area contributed by atoms with E-state index in [1.54, 1.807) is 0 Å². The number of carbonyl (C=O) groups is 1. The first kappa shape index (κ1) is 20.8. The highest BCUT2D eigenvalue weighted by Crippen LogP contribution is 2.46. The standard InChI is InChI=1S/C22H28N4O3S/c1-25(2)22(17-7-5-4-6-8-17)12-10-21(11-13-22)16-26(20(27)24-21)18-15-23-14-9-19(18)30(3,28)29/h4-9,14-15H,10-13,16H2,1-3H3,(H,24,27)/t21-,22+. The Morgan fingerprint density at radius 3 is 2.33 bits per heavy atom. The Labute approximate surface area is 178 Å². The van der Waals surface area contributed by atoms with Gasteiger partial charge in [-0.1, -0.05) is 30.3 Å². The Morgan fingerprint density at radius 2 is 1.73 bits per heavy atom. The maximum Gasteiger partial charge on any atom is 0.322 e. The van der Waals surface area contributed by atoms with Crippen LogP contribution in [-0.4, -0.2) is 56.8 Å². The van der Waals surface area contributed by atoms with Crippen molar-refractivity contribution < 1.29 is 13.2 Å². The van der Waals surface area contributed by atoms with E-state index < -0.39 is 9.84 Å². The predicted octanol–water partition coefficient (Wildman–Crippen LogP) is 2.78. The number of anilines is 1. The van der Waals surface area contributed by atoms with Crippen molar-refractivity contribution in [3.63, 3.8) is 0 Å². The first-order chi connectivity index (χ1) is 14.2. The monoisotopic (exact) mass is 428 g/mol. The molecule has 160 valence electrons. The highest BCUT2D eigenvalue weighted by atomic mass is 32.2. The van der Waals surface area contributed by atoms with Crippen LogP contribution in [0, 0.1) is 0 Å². The SMILES string of the molecule is CN(C)[C@]1(c2ccccc2)CC[C@]2(CC1)CN(c1cnccc1S(C)(=O)=O)C(=O)N2. The molecule has 2 amide bonds. The molecule has 0 bridgehead atoms. The third-order valence-electron chi connectivity index (χ3n) is 6.73. The molecule has 1 aliphatic carbocycles. The number of benzene rings is 1. The van der Waals surface area contributed by atoms with Crippen LogP contribution in [0.3, 0.4) is 0 Å². The second-order valence-electron chi connectivity index (χ2n) is 8.70. The van der Waals surface area contributed by atoms with Crippen molar-refractivity contribution >= 4 is 21.6 Å². The van der Waals surface area contributed by atoms with E-state index in [4.69, 9.17) is 0 Å². The smallest absolute Gasteiger partial charge is 0.322 e. The van der Waals surface area contributed by atoms with Crippen molar-refractivity contribution in [2.24, 2.45) is 0 Å². The zero-order valence-corrected chi connectivity index (χ0v) is 18.4. The van der Waals surface area contributed by atoms with Crippen molar-refractivity contribution in [3.8, 4) is 0 Å². The first-order valence-electron chi connectivity index (χ1n) is 10.1. The molecule has 2 heterocycles. The topological polar surface area (TPSA) is 82.6 Å². The molecule has 0 atom stereocenters. The van der Waals surface area contributed by atoms with Crippen molar-refractivity contribution in [3.05, 3.63) is 54.4 Å². The molecule has 0 radical (unpaired) electrons. The fourth-order valence-electron chi connectivity index (χ4n) is 4.96. The molecule has 1 spiro atoms. The minimum Gasteiger partial charge on any atom is -0.330 e. The van der Waals surface area contributed by atoms with E-state index in [-0.39, 0.29) is 22.0 Å². The lowest BCUT2D eigenvalue weighted by atomic mass is 9.69. The molecular formula is C22H28N4O3S. The lowest BCUT2D eigenvalue weighted by molar-refractivity contribution is 0.0657. The van der Waals surface area contributed by atoms with Gasteiger partial charge in [0.15, 0.2) is 9.84 Å². The summed E-state index contributed by atoms with van der Waals surface area (Å²) in [4.78, 5) is 20.9. The fourth-order valence-corrected chi connectivity index (χ4v) is 5.81. The van der Waals surface area contributed by atoms with Gasteiger partial charge in [-0.05, 0) is 51.4 Å². The number of hydrogen-bond acceptors (Lipinski definition) is 5. The highest BCUT2D eigenvalue weighted by molar-refractivity contribution is 7.90. The molecule has 1 saturated carbocycles. The number of rotatable bonds is 4. The van der Waals surface area contributed by atoms with Gasteiger partial charge in [0, 0.05) is 18.0 Å². The Balaban J connectivity index is 1.60. The molecule has 8 heteroatoms. The zero-order chi connectivity index (χ0) is 21.6. The Kier molecular flexibility index (Phi) is 5.10. The molecule has 1 aliphatic heterocycles. The second-order valence-corrected chi connectivity index (χ2v) is 10.7. The number of nitrogens with one attached hydrogen (secondary N) is 1. The minimum atomic E-state index is -3.47. The van der Waals surface area contributed by atoms with Crippen LogP contribution in [-0.2, 0) is 15.4 Å². The maximum absolute atomic E-state index is 12.9. The van der Waals surface area contributed by atoms with E-state index in [1.807, 2.05) is 6.07 Å². The van der Waals surface area contributed by atoms with Gasteiger partial charge in [0.1, 0.15) is 0 Å². The Bertz CT molecular complexity index is 1050. The Morgan fingerprint density at radius 1 is 1.07 bits per heavy atom. The van der Waals surface area contributed by atoms with Crippen LogP contribution >= 0.6 is 0 Å². The maximum atomic E-state index is 12.9. The van der Waals surface area contributed by atoms with Crippen molar-refractivity contribution in [1.29, 1.82) is 0 Å². The molecule has 2 aromatic rings. The van der Waals surface area contributed by atoms with Crippen molar-refractivity contribution in [1.82, 2.24) is 15.2 Å². The molecule has 30 heavy (non-hydrogen) atoms. The molecule has 4 rings (SSSR count). The number of nitrogens with zero attached hydrogens (tertiary/aromatic N) is 3. The molecule has 1 saturated heterocycles. The van der Waals surface area contributed by atoms with E-state index in [1.165, 1.54) is 28.9 Å². The van der Waals surface area contributed by atoms with Crippen LogP contribution in [0.4, 0.5) is 10.5 Å². The van der Waals surface area contributed by atoms with E-state index in [9.17, 15) is 13.2 Å². The van der Waals surface area contributed by atoms with Gasteiger partial charge >= 0.3 is 6.03 Å². The van der Waals surface area contributed by atoms with Crippen LogP contribution in [0.25, 0.3) is 0 Å². The van der Waals surface area contributed by atoms with Crippen molar-refractivity contribution in [2.75, 3.05) is 31.8 Å². The number of hydrogen-bond donors (Lipinski definition) is 1. The fraction of sp³-hybridized carbons (Fsp3) is 0.455. The van der Waals surface area contributed by atoms with Gasteiger partial charge in [-0.3, -0.25) is 14.8 Å². The molecule has 1 aromatic carbocycles. The molecule has 1 aromatic heterocycles. The van der Waals surface area contributed by atoms with Gasteiger partial charge in [-0.15, -0.1) is 0 Å². The van der Waals surface area contributed by atoms with Crippen LogP contribution in [0.15, 0.2) is 53.7 Å². The molecule has 2 aliphatic rings. The number of carbonyl (C=O) groups excluding carboxylic acids is 1. The highest BCUT2D eigenvalue weighted by Gasteiger charge is 2.50. The van der Waals surface area contributed by atoms with E-state index in [0.29, 0.717) is 12.2 Å². The third kappa shape index (κ3) is 3.48. The molecule has 7 nitrogen and oxygen atoms in total. The summed E-state index contributed by atoms with van der Waals surface area (Å²) in [5.41, 5.74) is 1.20. The van der Waals surface area contributed by atoms with Crippen LogP contribution in [0.5, 0.6) is 0 Å². The largest absolute Gasteiger partial charge is 0.330 e. The molecule has 0 unspecified atom stereocenters. The number of urea groups is 1. The number of aromatic nitrogens is 1. The lowest BCUT2D eigenvalue weighted by Gasteiger charge is -2.48. The van der Waals surface area contributed by atoms with E-state index in [2.05, 4.69) is 53.6 Å². The van der Waals surface area contributed by atoms with Gasteiger partial charge in [0.05, 0.1) is 28.9 Å². The van der Waals surface area contributed by atoms with E-state index >= 15 is 0 Å². The minimum absolute atomic E-state index is 0.0725. The third-order valence-corrected chi connectivity index (χ3v) is 7.88. The zero-order valence-electron chi connectivity index (χ0n) is 17.6. The molecule has 1 N–H and O–H groups in total. The van der Waals surface area contributed by atoms with Gasteiger partial charge in [-0.2, -0.15) is 0 Å². The summed E-state index contributed by atoms with van der Waals surface area (Å²) >= 11 is 0. The number of pyridine rings is 1. The van der Waals surface area contributed by atoms with Gasteiger partial charge in [0.2, 0.25) is 0 Å². The quantitative estimate of drug-likeness (QED) is 0.810. The Hall–Kier alpha value is -2.45. The summed E-state index contributed by atoms with van der Waals surface area (Å²) in [7, 11) is 0.749. The second kappa shape index (κ2) is 7.35. The summed E-state index contributed by atoms with van der Waals surface area (Å²) in [6.45, 7) is 0.443. The summed E-state index contributed by atoms with van der Waals surface area (Å²) in [6.07, 6.45) is 7.50. The molecular weight excluding hydrogens is 400 g/mol. The lowest BCUT2D eigenvalue weighted by Crippen LogP contribution is -2.54. The van der Waals surface area contributed by atoms with Gasteiger partial charge in [0.25, 0.3) is 0 Å². The number of amides is 2. The first-order valence-corrected chi connectivity index (χ1v) is 12.0. The average Bonchev–Trinajstić information content (AvgIpc) is 3.04. The van der Waals surface area contributed by atoms with Gasteiger partial charge < -0.3 is 5.32 Å². The van der Waals surface area contributed by atoms with Crippen LogP contribution in [0.2, 0.25) is 0 Å². The van der Waals surface area contributed by atoms with Crippen molar-refractivity contribution in [2.45, 2.75) is 41.7 Å². The van der Waals surface area contributed by atoms with Crippen LogP contribution in [0.1, 0.15) is 31.2 Å². The summed E-state index contributed by atoms with van der Waals surface area (Å²) < 4.78 is 24.4. The van der Waals surface area contributed by atoms with Gasteiger partial charge in [-0.25, -0.2) is 13.2 Å². The number of sulfone groups is 1. The normalized spacial score (nSPS) is 26.9. The summed E-state index contributed by atoms with van der Waals surface area (Å²) in [5.74, 6) is 0. The molecule has 2 fully saturated rings. The average molecular weight is 429 g/mol.